The van der Waals surface area contributed by atoms with E-state index in [9.17, 15) is 5.11 Å². The minimum atomic E-state index is -0.571. The standard InChI is InChI=1S/C13H12BrNO2S/c14-10-3-8-1-2-17-13(8)9(4-10)5-12(16)11-6-18-7-15-11/h3-4,6-7,12,16H,1-2,5H2. The van der Waals surface area contributed by atoms with Gasteiger partial charge < -0.3 is 9.84 Å². The Kier molecular flexibility index (Phi) is 3.37. The van der Waals surface area contributed by atoms with Gasteiger partial charge in [0.05, 0.1) is 17.8 Å². The maximum Gasteiger partial charge on any atom is 0.125 e. The molecule has 2 heterocycles. The first kappa shape index (κ1) is 12.1. The topological polar surface area (TPSA) is 42.4 Å². The normalized spacial score (nSPS) is 15.2. The largest absolute Gasteiger partial charge is 0.493 e. The predicted molar refractivity (Wildman–Crippen MR) is 74.1 cm³/mol. The smallest absolute Gasteiger partial charge is 0.125 e. The highest BCUT2D eigenvalue weighted by Gasteiger charge is 2.20. The van der Waals surface area contributed by atoms with Gasteiger partial charge in [0.2, 0.25) is 0 Å². The Morgan fingerprint density at radius 2 is 2.39 bits per heavy atom. The Morgan fingerprint density at radius 1 is 1.50 bits per heavy atom. The van der Waals surface area contributed by atoms with E-state index in [-0.39, 0.29) is 0 Å². The Bertz CT molecular complexity index is 556. The van der Waals surface area contributed by atoms with Crippen LogP contribution in [0.5, 0.6) is 5.75 Å². The molecule has 1 unspecified atom stereocenters. The van der Waals surface area contributed by atoms with E-state index in [4.69, 9.17) is 4.74 Å². The fourth-order valence-corrected chi connectivity index (χ4v) is 3.35. The molecule has 0 aliphatic carbocycles. The van der Waals surface area contributed by atoms with Gasteiger partial charge in [-0.15, -0.1) is 11.3 Å². The second-order valence-corrected chi connectivity index (χ2v) is 5.92. The van der Waals surface area contributed by atoms with Gasteiger partial charge in [-0.2, -0.15) is 0 Å². The van der Waals surface area contributed by atoms with Crippen molar-refractivity contribution in [1.29, 1.82) is 0 Å². The molecule has 1 aromatic carbocycles. The molecule has 3 nitrogen and oxygen atoms in total. The molecule has 1 aromatic heterocycles. The molecule has 0 fully saturated rings. The van der Waals surface area contributed by atoms with Crippen molar-refractivity contribution in [1.82, 2.24) is 4.98 Å². The molecular weight excluding hydrogens is 314 g/mol. The summed E-state index contributed by atoms with van der Waals surface area (Å²) in [7, 11) is 0. The molecule has 1 aliphatic rings. The molecule has 0 saturated carbocycles. The summed E-state index contributed by atoms with van der Waals surface area (Å²) in [6, 6.07) is 4.10. The van der Waals surface area contributed by atoms with E-state index in [1.807, 2.05) is 11.4 Å². The molecule has 0 radical (unpaired) electrons. The van der Waals surface area contributed by atoms with Crippen LogP contribution in [0.1, 0.15) is 22.9 Å². The maximum absolute atomic E-state index is 10.2. The highest BCUT2D eigenvalue weighted by atomic mass is 79.9. The monoisotopic (exact) mass is 325 g/mol. The summed E-state index contributed by atoms with van der Waals surface area (Å²) in [4.78, 5) is 4.14. The second-order valence-electron chi connectivity index (χ2n) is 4.28. The van der Waals surface area contributed by atoms with Crippen LogP contribution in [-0.4, -0.2) is 16.7 Å². The Morgan fingerprint density at radius 3 is 3.17 bits per heavy atom. The van der Waals surface area contributed by atoms with Crippen LogP contribution in [0.4, 0.5) is 0 Å². The molecule has 1 aliphatic heterocycles. The quantitative estimate of drug-likeness (QED) is 0.942. The van der Waals surface area contributed by atoms with Crippen molar-refractivity contribution in [3.05, 3.63) is 44.3 Å². The van der Waals surface area contributed by atoms with Gasteiger partial charge in [0.15, 0.2) is 0 Å². The molecule has 0 amide bonds. The molecular formula is C13H12BrNO2S. The molecule has 18 heavy (non-hydrogen) atoms. The zero-order chi connectivity index (χ0) is 12.5. The Balaban J connectivity index is 1.89. The first-order chi connectivity index (χ1) is 8.74. The third kappa shape index (κ3) is 2.30. The van der Waals surface area contributed by atoms with E-state index in [0.29, 0.717) is 6.42 Å². The summed E-state index contributed by atoms with van der Waals surface area (Å²) < 4.78 is 6.69. The summed E-state index contributed by atoms with van der Waals surface area (Å²) >= 11 is 5.00. The number of hydrogen-bond donors (Lipinski definition) is 1. The van der Waals surface area contributed by atoms with Gasteiger partial charge in [-0.25, -0.2) is 4.98 Å². The molecule has 0 bridgehead atoms. The van der Waals surface area contributed by atoms with Crippen LogP contribution in [0.25, 0.3) is 0 Å². The first-order valence-corrected chi connectivity index (χ1v) is 7.48. The van der Waals surface area contributed by atoms with Crippen LogP contribution in [0.2, 0.25) is 0 Å². The number of nitrogens with zero attached hydrogens (tertiary/aromatic N) is 1. The van der Waals surface area contributed by atoms with Crippen LogP contribution in [0.3, 0.4) is 0 Å². The number of hydrogen-bond acceptors (Lipinski definition) is 4. The average molecular weight is 326 g/mol. The SMILES string of the molecule is OC(Cc1cc(Br)cc2c1OCC2)c1cscn1. The number of ether oxygens (including phenoxy) is 1. The molecule has 5 heteroatoms. The van der Waals surface area contributed by atoms with Crippen molar-refractivity contribution in [3.63, 3.8) is 0 Å². The fraction of sp³-hybridized carbons (Fsp3) is 0.308. The highest BCUT2D eigenvalue weighted by molar-refractivity contribution is 9.10. The van der Waals surface area contributed by atoms with E-state index < -0.39 is 6.10 Å². The van der Waals surface area contributed by atoms with Gasteiger partial charge in [-0.05, 0) is 23.3 Å². The van der Waals surface area contributed by atoms with Gasteiger partial charge in [-0.3, -0.25) is 0 Å². The van der Waals surface area contributed by atoms with Gasteiger partial charge in [0.25, 0.3) is 0 Å². The lowest BCUT2D eigenvalue weighted by Crippen LogP contribution is -2.03. The number of rotatable bonds is 3. The zero-order valence-electron chi connectivity index (χ0n) is 9.60. The van der Waals surface area contributed by atoms with E-state index >= 15 is 0 Å². The van der Waals surface area contributed by atoms with Gasteiger partial charge >= 0.3 is 0 Å². The number of halogens is 1. The maximum atomic E-state index is 10.2. The van der Waals surface area contributed by atoms with Gasteiger partial charge in [0, 0.05) is 22.7 Å². The number of aliphatic hydroxyl groups is 1. The van der Waals surface area contributed by atoms with Crippen LogP contribution in [0.15, 0.2) is 27.5 Å². The van der Waals surface area contributed by atoms with E-state index in [1.165, 1.54) is 16.9 Å². The summed E-state index contributed by atoms with van der Waals surface area (Å²) in [5, 5.41) is 12.0. The molecule has 2 aromatic rings. The predicted octanol–water partition coefficient (Wildman–Crippen LogP) is 3.12. The number of fused-ring (bicyclic) bond motifs is 1. The number of thiazole rings is 1. The highest BCUT2D eigenvalue weighted by Crippen LogP contribution is 2.35. The summed E-state index contributed by atoms with van der Waals surface area (Å²) in [6.07, 6.45) is 0.902. The second kappa shape index (κ2) is 4.99. The van der Waals surface area contributed by atoms with Gasteiger partial charge in [-0.1, -0.05) is 15.9 Å². The third-order valence-electron chi connectivity index (χ3n) is 3.03. The lowest BCUT2D eigenvalue weighted by Gasteiger charge is -2.12. The molecule has 0 saturated heterocycles. The van der Waals surface area contributed by atoms with Crippen molar-refractivity contribution < 1.29 is 9.84 Å². The number of aliphatic hydroxyl groups excluding tert-OH is 1. The van der Waals surface area contributed by atoms with E-state index in [2.05, 4.69) is 27.0 Å². The van der Waals surface area contributed by atoms with Gasteiger partial charge in [0.1, 0.15) is 11.9 Å². The molecule has 1 atom stereocenters. The first-order valence-electron chi connectivity index (χ1n) is 5.74. The van der Waals surface area contributed by atoms with Crippen molar-refractivity contribution in [2.24, 2.45) is 0 Å². The third-order valence-corrected chi connectivity index (χ3v) is 4.09. The molecule has 1 N–H and O–H groups in total. The lowest BCUT2D eigenvalue weighted by atomic mass is 10.0. The lowest BCUT2D eigenvalue weighted by molar-refractivity contribution is 0.173. The summed E-state index contributed by atoms with van der Waals surface area (Å²) in [5.74, 6) is 0.937. The van der Waals surface area contributed by atoms with E-state index in [1.54, 1.807) is 5.51 Å². The molecule has 0 spiro atoms. The summed E-state index contributed by atoms with van der Waals surface area (Å²) in [5.41, 5.74) is 4.72. The Labute approximate surface area is 118 Å². The van der Waals surface area contributed by atoms with Crippen molar-refractivity contribution >= 4 is 27.3 Å². The fourth-order valence-electron chi connectivity index (χ4n) is 2.20. The number of aromatic nitrogens is 1. The van der Waals surface area contributed by atoms with Crippen LogP contribution < -0.4 is 4.74 Å². The van der Waals surface area contributed by atoms with Crippen molar-refractivity contribution in [2.45, 2.75) is 18.9 Å². The van der Waals surface area contributed by atoms with Crippen molar-refractivity contribution in [3.8, 4) is 5.75 Å². The number of benzene rings is 1. The van der Waals surface area contributed by atoms with Crippen LogP contribution in [-0.2, 0) is 12.8 Å². The minimum absolute atomic E-state index is 0.533. The minimum Gasteiger partial charge on any atom is -0.493 e. The van der Waals surface area contributed by atoms with Crippen LogP contribution in [0, 0.1) is 0 Å². The van der Waals surface area contributed by atoms with Crippen LogP contribution >= 0.6 is 27.3 Å². The Hall–Kier alpha value is -0.910. The summed E-state index contributed by atoms with van der Waals surface area (Å²) in [6.45, 7) is 0.728. The average Bonchev–Trinajstić information content (AvgIpc) is 2.98. The molecule has 3 rings (SSSR count). The van der Waals surface area contributed by atoms with E-state index in [0.717, 1.165) is 34.5 Å². The zero-order valence-corrected chi connectivity index (χ0v) is 12.0. The van der Waals surface area contributed by atoms with Crippen molar-refractivity contribution in [2.75, 3.05) is 6.61 Å². The molecule has 94 valence electrons.